The van der Waals surface area contributed by atoms with Crippen LogP contribution in [-0.2, 0) is 0 Å². The molecule has 5 heteroatoms. The van der Waals surface area contributed by atoms with Gasteiger partial charge in [0.25, 0.3) is 0 Å². The molecule has 0 radical (unpaired) electrons. The predicted molar refractivity (Wildman–Crippen MR) is 70.6 cm³/mol. The zero-order chi connectivity index (χ0) is 12.3. The van der Waals surface area contributed by atoms with Gasteiger partial charge in [0.2, 0.25) is 0 Å². The van der Waals surface area contributed by atoms with Gasteiger partial charge < -0.3 is 10.8 Å². The maximum absolute atomic E-state index is 9.32. The van der Waals surface area contributed by atoms with Crippen LogP contribution in [0.3, 0.4) is 0 Å². The average Bonchev–Trinajstić information content (AvgIpc) is 2.17. The number of hydrogen-bond donors (Lipinski definition) is 2. The van der Waals surface area contributed by atoms with Gasteiger partial charge in [0.1, 0.15) is 0 Å². The monoisotopic (exact) mass is 245 g/mol. The summed E-state index contributed by atoms with van der Waals surface area (Å²) in [6, 6.07) is 0. The number of piperazine rings is 1. The van der Waals surface area contributed by atoms with E-state index >= 15 is 0 Å². The highest BCUT2D eigenvalue weighted by molar-refractivity contribution is 7.80. The molecule has 94 valence electrons. The normalized spacial score (nSPS) is 22.0. The zero-order valence-corrected chi connectivity index (χ0v) is 11.3. The molecule has 0 aromatic heterocycles. The van der Waals surface area contributed by atoms with Gasteiger partial charge in [0, 0.05) is 32.7 Å². The van der Waals surface area contributed by atoms with E-state index in [1.807, 2.05) is 6.92 Å². The topological polar surface area (TPSA) is 52.7 Å². The lowest BCUT2D eigenvalue weighted by Gasteiger charge is -2.43. The Hall–Kier alpha value is -0.230. The first-order chi connectivity index (χ1) is 7.34. The lowest BCUT2D eigenvalue weighted by atomic mass is 10.0. The molecule has 1 saturated heterocycles. The van der Waals surface area contributed by atoms with Gasteiger partial charge in [-0.1, -0.05) is 12.2 Å². The number of hydrogen-bond acceptors (Lipinski definition) is 4. The van der Waals surface area contributed by atoms with Gasteiger partial charge in [-0.25, -0.2) is 0 Å². The van der Waals surface area contributed by atoms with Crippen molar-refractivity contribution < 1.29 is 5.11 Å². The van der Waals surface area contributed by atoms with Crippen LogP contribution in [0, 0.1) is 0 Å². The summed E-state index contributed by atoms with van der Waals surface area (Å²) < 4.78 is 0. The van der Waals surface area contributed by atoms with Crippen molar-refractivity contribution >= 4 is 17.2 Å². The Balaban J connectivity index is 2.46. The highest BCUT2D eigenvalue weighted by atomic mass is 32.1. The Bertz CT molecular complexity index is 248. The molecule has 0 amide bonds. The molecule has 1 atom stereocenters. The van der Waals surface area contributed by atoms with E-state index in [4.69, 9.17) is 18.0 Å². The summed E-state index contributed by atoms with van der Waals surface area (Å²) >= 11 is 5.09. The van der Waals surface area contributed by atoms with E-state index in [2.05, 4.69) is 23.6 Å². The van der Waals surface area contributed by atoms with Crippen LogP contribution in [0.25, 0.3) is 0 Å². The van der Waals surface area contributed by atoms with Crippen LogP contribution in [0.2, 0.25) is 0 Å². The maximum Gasteiger partial charge on any atom is 0.0928 e. The first kappa shape index (κ1) is 13.8. The fourth-order valence-electron chi connectivity index (χ4n) is 2.02. The largest absolute Gasteiger partial charge is 0.392 e. The molecule has 0 spiro atoms. The summed E-state index contributed by atoms with van der Waals surface area (Å²) in [5.74, 6) is 0. The van der Waals surface area contributed by atoms with Gasteiger partial charge in [0.15, 0.2) is 0 Å². The van der Waals surface area contributed by atoms with Crippen molar-refractivity contribution in [2.24, 2.45) is 5.73 Å². The van der Waals surface area contributed by atoms with E-state index in [0.717, 1.165) is 32.7 Å². The van der Waals surface area contributed by atoms with E-state index < -0.39 is 0 Å². The Morgan fingerprint density at radius 2 is 1.88 bits per heavy atom. The molecule has 0 aromatic carbocycles. The summed E-state index contributed by atoms with van der Waals surface area (Å²) in [7, 11) is 0. The second-order valence-corrected chi connectivity index (χ2v) is 5.50. The zero-order valence-electron chi connectivity index (χ0n) is 10.4. The minimum atomic E-state index is -0.254. The van der Waals surface area contributed by atoms with Crippen LogP contribution in [0.1, 0.15) is 20.8 Å². The molecule has 0 bridgehead atoms. The second kappa shape index (κ2) is 5.40. The lowest BCUT2D eigenvalue weighted by Crippen LogP contribution is -2.59. The van der Waals surface area contributed by atoms with Gasteiger partial charge in [-0.2, -0.15) is 0 Å². The molecule has 1 rings (SSSR count). The minimum Gasteiger partial charge on any atom is -0.392 e. The van der Waals surface area contributed by atoms with E-state index in [9.17, 15) is 5.11 Å². The van der Waals surface area contributed by atoms with Crippen LogP contribution in [0.15, 0.2) is 0 Å². The van der Waals surface area contributed by atoms with Crippen LogP contribution < -0.4 is 5.73 Å². The smallest absolute Gasteiger partial charge is 0.0928 e. The first-order valence-electron chi connectivity index (χ1n) is 5.79. The van der Waals surface area contributed by atoms with Crippen molar-refractivity contribution in [2.75, 3.05) is 32.7 Å². The minimum absolute atomic E-state index is 0.202. The average molecular weight is 245 g/mol. The van der Waals surface area contributed by atoms with E-state index in [0.29, 0.717) is 4.99 Å². The van der Waals surface area contributed by atoms with Crippen LogP contribution in [0.5, 0.6) is 0 Å². The van der Waals surface area contributed by atoms with Crippen molar-refractivity contribution in [3.8, 4) is 0 Å². The standard InChI is InChI=1S/C11H23N3OS/c1-9(15)8-13-4-6-14(7-5-13)11(2,3)10(12)16/h9,15H,4-8H2,1-3H3,(H2,12,16). The van der Waals surface area contributed by atoms with E-state index in [-0.39, 0.29) is 11.6 Å². The molecule has 1 aliphatic heterocycles. The van der Waals surface area contributed by atoms with Crippen molar-refractivity contribution in [1.82, 2.24) is 9.80 Å². The Labute approximate surface area is 103 Å². The second-order valence-electron chi connectivity index (χ2n) is 5.06. The molecule has 3 N–H and O–H groups in total. The first-order valence-corrected chi connectivity index (χ1v) is 6.20. The molecule has 1 heterocycles. The molecule has 0 aliphatic carbocycles. The molecule has 0 saturated carbocycles. The highest BCUT2D eigenvalue weighted by Crippen LogP contribution is 2.17. The molecule has 16 heavy (non-hydrogen) atoms. The summed E-state index contributed by atoms with van der Waals surface area (Å²) in [6.45, 7) is 10.6. The van der Waals surface area contributed by atoms with Crippen molar-refractivity contribution in [1.29, 1.82) is 0 Å². The molecule has 4 nitrogen and oxygen atoms in total. The van der Waals surface area contributed by atoms with Gasteiger partial charge in [-0.05, 0) is 20.8 Å². The molecular weight excluding hydrogens is 222 g/mol. The van der Waals surface area contributed by atoms with E-state index in [1.165, 1.54) is 0 Å². The number of nitrogens with zero attached hydrogens (tertiary/aromatic N) is 2. The third kappa shape index (κ3) is 3.38. The van der Waals surface area contributed by atoms with Crippen molar-refractivity contribution in [3.63, 3.8) is 0 Å². The molecule has 1 aliphatic rings. The number of β-amino-alcohol motifs (C(OH)–C–C–N with tert-alkyl or cyclic N) is 1. The highest BCUT2D eigenvalue weighted by Gasteiger charge is 2.32. The van der Waals surface area contributed by atoms with Crippen molar-refractivity contribution in [3.05, 3.63) is 0 Å². The Morgan fingerprint density at radius 3 is 2.25 bits per heavy atom. The molecule has 1 unspecified atom stereocenters. The Morgan fingerprint density at radius 1 is 1.38 bits per heavy atom. The number of aliphatic hydroxyl groups excluding tert-OH is 1. The third-order valence-corrected chi connectivity index (χ3v) is 3.79. The SMILES string of the molecule is CC(O)CN1CCN(C(C)(C)C(N)=S)CC1. The van der Waals surface area contributed by atoms with Crippen LogP contribution >= 0.6 is 12.2 Å². The molecule has 0 aromatic rings. The molecular formula is C11H23N3OS. The predicted octanol–water partition coefficient (Wildman–Crippen LogP) is 0.0495. The summed E-state index contributed by atoms with van der Waals surface area (Å²) in [4.78, 5) is 5.14. The fraction of sp³-hybridized carbons (Fsp3) is 0.909. The Kier molecular flexibility index (Phi) is 4.67. The van der Waals surface area contributed by atoms with Gasteiger partial charge >= 0.3 is 0 Å². The van der Waals surface area contributed by atoms with Crippen LogP contribution in [-0.4, -0.2) is 64.3 Å². The fourth-order valence-corrected chi connectivity index (χ4v) is 2.15. The summed E-state index contributed by atoms with van der Waals surface area (Å²) in [5, 5.41) is 9.32. The maximum atomic E-state index is 9.32. The van der Waals surface area contributed by atoms with Gasteiger partial charge in [0.05, 0.1) is 16.6 Å². The third-order valence-electron chi connectivity index (χ3n) is 3.29. The quantitative estimate of drug-likeness (QED) is 0.686. The summed E-state index contributed by atoms with van der Waals surface area (Å²) in [6.07, 6.45) is -0.254. The summed E-state index contributed by atoms with van der Waals surface area (Å²) in [5.41, 5.74) is 5.55. The number of aliphatic hydroxyl groups is 1. The molecule has 1 fully saturated rings. The van der Waals surface area contributed by atoms with Gasteiger partial charge in [-0.15, -0.1) is 0 Å². The number of nitrogens with two attached hydrogens (primary N) is 1. The number of thiocarbonyl (C=S) groups is 1. The number of rotatable bonds is 4. The van der Waals surface area contributed by atoms with Crippen molar-refractivity contribution in [2.45, 2.75) is 32.4 Å². The van der Waals surface area contributed by atoms with E-state index in [1.54, 1.807) is 0 Å². The van der Waals surface area contributed by atoms with Crippen LogP contribution in [0.4, 0.5) is 0 Å². The lowest BCUT2D eigenvalue weighted by molar-refractivity contribution is 0.0561. The van der Waals surface area contributed by atoms with Gasteiger partial charge in [-0.3, -0.25) is 9.80 Å².